The molecule has 134 valence electrons. The number of aryl methyl sites for hydroxylation is 1. The molecule has 1 saturated heterocycles. The molecular weight excluding hydrogens is 349 g/mol. The Labute approximate surface area is 155 Å². The van der Waals surface area contributed by atoms with Crippen molar-refractivity contribution in [3.8, 4) is 0 Å². The molecule has 1 amide bonds. The minimum Gasteiger partial charge on any atom is -0.369 e. The number of hydrogen-bond donors (Lipinski definition) is 0. The standard InChI is InChI=1S/C20H20FN3OS/c1-14-12-18(16-13-15(21)5-6-17(16)22-14)23-7-3-8-24(10-9-23)20(25)19-4-2-11-26-19/h2,4-6,11-13H,3,7-10H2,1H3. The highest BCUT2D eigenvalue weighted by Crippen LogP contribution is 2.28. The Morgan fingerprint density at radius 3 is 2.85 bits per heavy atom. The fraction of sp³-hybridized carbons (Fsp3) is 0.300. The highest BCUT2D eigenvalue weighted by molar-refractivity contribution is 7.12. The van der Waals surface area contributed by atoms with Crippen LogP contribution in [-0.4, -0.2) is 42.0 Å². The predicted molar refractivity (Wildman–Crippen MR) is 103 cm³/mol. The number of halogens is 1. The summed E-state index contributed by atoms with van der Waals surface area (Å²) in [4.78, 5) is 22.1. The van der Waals surface area contributed by atoms with Crippen molar-refractivity contribution >= 4 is 33.8 Å². The maximum atomic E-state index is 13.8. The van der Waals surface area contributed by atoms with E-state index in [4.69, 9.17) is 0 Å². The quantitative estimate of drug-likeness (QED) is 0.682. The molecule has 0 N–H and O–H groups in total. The predicted octanol–water partition coefficient (Wildman–Crippen LogP) is 4.10. The lowest BCUT2D eigenvalue weighted by Gasteiger charge is -2.25. The van der Waals surface area contributed by atoms with Crippen molar-refractivity contribution in [1.29, 1.82) is 0 Å². The van der Waals surface area contributed by atoms with Gasteiger partial charge in [-0.1, -0.05) is 6.07 Å². The number of anilines is 1. The molecule has 4 rings (SSSR count). The first-order chi connectivity index (χ1) is 12.6. The Morgan fingerprint density at radius 2 is 2.04 bits per heavy atom. The summed E-state index contributed by atoms with van der Waals surface area (Å²) in [7, 11) is 0. The molecule has 6 heteroatoms. The van der Waals surface area contributed by atoms with Crippen molar-refractivity contribution in [3.05, 3.63) is 58.2 Å². The van der Waals surface area contributed by atoms with Crippen LogP contribution in [0.4, 0.5) is 10.1 Å². The van der Waals surface area contributed by atoms with Crippen LogP contribution in [0.5, 0.6) is 0 Å². The van der Waals surface area contributed by atoms with Crippen molar-refractivity contribution in [2.75, 3.05) is 31.1 Å². The largest absolute Gasteiger partial charge is 0.369 e. The van der Waals surface area contributed by atoms with E-state index in [9.17, 15) is 9.18 Å². The lowest BCUT2D eigenvalue weighted by atomic mass is 10.1. The van der Waals surface area contributed by atoms with Crippen molar-refractivity contribution in [2.45, 2.75) is 13.3 Å². The number of rotatable bonds is 2. The number of hydrogen-bond acceptors (Lipinski definition) is 4. The summed E-state index contributed by atoms with van der Waals surface area (Å²) in [6.45, 7) is 4.92. The van der Waals surface area contributed by atoms with Gasteiger partial charge in [0.25, 0.3) is 5.91 Å². The second-order valence-corrected chi connectivity index (χ2v) is 7.50. The zero-order valence-electron chi connectivity index (χ0n) is 14.6. The van der Waals surface area contributed by atoms with E-state index in [1.807, 2.05) is 35.4 Å². The van der Waals surface area contributed by atoms with E-state index >= 15 is 0 Å². The van der Waals surface area contributed by atoms with Gasteiger partial charge in [0.05, 0.1) is 10.4 Å². The molecule has 1 fully saturated rings. The molecule has 26 heavy (non-hydrogen) atoms. The molecule has 0 spiro atoms. The maximum Gasteiger partial charge on any atom is 0.263 e. The van der Waals surface area contributed by atoms with Crippen molar-refractivity contribution in [2.24, 2.45) is 0 Å². The molecule has 0 unspecified atom stereocenters. The number of fused-ring (bicyclic) bond motifs is 1. The summed E-state index contributed by atoms with van der Waals surface area (Å²) in [6.07, 6.45) is 0.884. The number of amides is 1. The molecule has 1 aliphatic rings. The summed E-state index contributed by atoms with van der Waals surface area (Å²) in [5.41, 5.74) is 2.71. The molecule has 0 atom stereocenters. The molecule has 4 nitrogen and oxygen atoms in total. The third-order valence-electron chi connectivity index (χ3n) is 4.73. The topological polar surface area (TPSA) is 36.4 Å². The van der Waals surface area contributed by atoms with Gasteiger partial charge in [-0.2, -0.15) is 0 Å². The number of benzene rings is 1. The van der Waals surface area contributed by atoms with Crippen LogP contribution in [0.25, 0.3) is 10.9 Å². The molecule has 1 aliphatic heterocycles. The Morgan fingerprint density at radius 1 is 1.15 bits per heavy atom. The number of nitrogens with zero attached hydrogens (tertiary/aromatic N) is 3. The van der Waals surface area contributed by atoms with Crippen LogP contribution >= 0.6 is 11.3 Å². The SMILES string of the molecule is Cc1cc(N2CCCN(C(=O)c3cccs3)CC2)c2cc(F)ccc2n1. The van der Waals surface area contributed by atoms with Crippen LogP contribution in [0.3, 0.4) is 0 Å². The molecule has 3 heterocycles. The zero-order valence-corrected chi connectivity index (χ0v) is 15.4. The molecule has 0 bridgehead atoms. The molecule has 2 aromatic heterocycles. The molecule has 0 radical (unpaired) electrons. The molecular formula is C20H20FN3OS. The van der Waals surface area contributed by atoms with E-state index in [1.54, 1.807) is 12.1 Å². The van der Waals surface area contributed by atoms with Crippen LogP contribution in [0.2, 0.25) is 0 Å². The minimum absolute atomic E-state index is 0.101. The summed E-state index contributed by atoms with van der Waals surface area (Å²) in [5, 5.41) is 2.76. The van der Waals surface area contributed by atoms with Gasteiger partial charge in [-0.15, -0.1) is 11.3 Å². The highest BCUT2D eigenvalue weighted by Gasteiger charge is 2.22. The van der Waals surface area contributed by atoms with Gasteiger partial charge in [0.1, 0.15) is 5.82 Å². The highest BCUT2D eigenvalue weighted by atomic mass is 32.1. The Kier molecular flexibility index (Phi) is 4.59. The van der Waals surface area contributed by atoms with E-state index < -0.39 is 0 Å². The Balaban J connectivity index is 1.61. The van der Waals surface area contributed by atoms with Gasteiger partial charge >= 0.3 is 0 Å². The Bertz CT molecular complexity index is 942. The number of carbonyl (C=O) groups is 1. The summed E-state index contributed by atoms with van der Waals surface area (Å²) < 4.78 is 13.8. The monoisotopic (exact) mass is 369 g/mol. The average molecular weight is 369 g/mol. The van der Waals surface area contributed by atoms with Crippen LogP contribution in [0.15, 0.2) is 41.8 Å². The van der Waals surface area contributed by atoms with Gasteiger partial charge in [-0.05, 0) is 49.1 Å². The molecule has 0 saturated carbocycles. The van der Waals surface area contributed by atoms with Crippen LogP contribution in [0, 0.1) is 12.7 Å². The number of thiophene rings is 1. The van der Waals surface area contributed by atoms with Gasteiger partial charge in [-0.3, -0.25) is 9.78 Å². The van der Waals surface area contributed by atoms with E-state index in [1.165, 1.54) is 17.4 Å². The third kappa shape index (κ3) is 3.29. The van der Waals surface area contributed by atoms with Gasteiger partial charge in [0.15, 0.2) is 0 Å². The first-order valence-electron chi connectivity index (χ1n) is 8.76. The summed E-state index contributed by atoms with van der Waals surface area (Å²) in [6, 6.07) is 10.5. The lowest BCUT2D eigenvalue weighted by Crippen LogP contribution is -2.34. The fourth-order valence-electron chi connectivity index (χ4n) is 3.49. The smallest absolute Gasteiger partial charge is 0.263 e. The van der Waals surface area contributed by atoms with Crippen molar-refractivity contribution in [1.82, 2.24) is 9.88 Å². The van der Waals surface area contributed by atoms with Gasteiger partial charge < -0.3 is 9.80 Å². The van der Waals surface area contributed by atoms with Crippen molar-refractivity contribution < 1.29 is 9.18 Å². The van der Waals surface area contributed by atoms with Crippen LogP contribution in [0.1, 0.15) is 21.8 Å². The fourth-order valence-corrected chi connectivity index (χ4v) is 4.18. The van der Waals surface area contributed by atoms with E-state index in [-0.39, 0.29) is 11.7 Å². The van der Waals surface area contributed by atoms with Gasteiger partial charge in [0.2, 0.25) is 0 Å². The zero-order chi connectivity index (χ0) is 18.1. The normalized spacial score (nSPS) is 15.3. The summed E-state index contributed by atoms with van der Waals surface area (Å²) >= 11 is 1.48. The van der Waals surface area contributed by atoms with Gasteiger partial charge in [-0.25, -0.2) is 4.39 Å². The third-order valence-corrected chi connectivity index (χ3v) is 5.59. The maximum absolute atomic E-state index is 13.8. The first-order valence-corrected chi connectivity index (χ1v) is 9.64. The van der Waals surface area contributed by atoms with E-state index in [0.717, 1.165) is 53.2 Å². The van der Waals surface area contributed by atoms with Crippen molar-refractivity contribution in [3.63, 3.8) is 0 Å². The van der Waals surface area contributed by atoms with E-state index in [0.29, 0.717) is 6.54 Å². The number of carbonyl (C=O) groups excluding carboxylic acids is 1. The molecule has 3 aromatic rings. The van der Waals surface area contributed by atoms with Gasteiger partial charge in [0, 0.05) is 42.9 Å². The van der Waals surface area contributed by atoms with Crippen LogP contribution in [-0.2, 0) is 0 Å². The molecule has 0 aliphatic carbocycles. The average Bonchev–Trinajstić information content (AvgIpc) is 3.06. The molecule has 1 aromatic carbocycles. The summed E-state index contributed by atoms with van der Waals surface area (Å²) in [5.74, 6) is -0.155. The number of aromatic nitrogens is 1. The first kappa shape index (κ1) is 17.0. The minimum atomic E-state index is -0.256. The Hall–Kier alpha value is -2.47. The lowest BCUT2D eigenvalue weighted by molar-refractivity contribution is 0.0772. The second kappa shape index (κ2) is 7.03. The second-order valence-electron chi connectivity index (χ2n) is 6.55. The number of pyridine rings is 1. The van der Waals surface area contributed by atoms with E-state index in [2.05, 4.69) is 9.88 Å². The van der Waals surface area contributed by atoms with Crippen LogP contribution < -0.4 is 4.90 Å².